The number of amides is 2. The van der Waals surface area contributed by atoms with E-state index >= 15 is 0 Å². The Morgan fingerprint density at radius 2 is 1.76 bits per heavy atom. The van der Waals surface area contributed by atoms with Gasteiger partial charge in [-0.05, 0) is 42.8 Å². The van der Waals surface area contributed by atoms with E-state index in [0.29, 0.717) is 19.4 Å². The van der Waals surface area contributed by atoms with Crippen LogP contribution >= 0.6 is 0 Å². The Kier molecular flexibility index (Phi) is 7.84. The molecule has 0 atom stereocenters. The molecule has 1 aromatic heterocycles. The Labute approximate surface area is 172 Å². The van der Waals surface area contributed by atoms with Gasteiger partial charge >= 0.3 is 0 Å². The fraction of sp³-hybridized carbons (Fsp3) is 0.455. The molecule has 0 bridgehead atoms. The van der Waals surface area contributed by atoms with Crippen molar-refractivity contribution in [3.05, 3.63) is 54.0 Å². The van der Waals surface area contributed by atoms with Crippen LogP contribution in [0.4, 0.5) is 5.69 Å². The molecular weight excluding hydrogens is 368 g/mol. The number of rotatable bonds is 9. The van der Waals surface area contributed by atoms with Gasteiger partial charge < -0.3 is 20.0 Å². The number of piperazine rings is 1. The molecular formula is C22H30N4O3. The highest BCUT2D eigenvalue weighted by Gasteiger charge is 2.15. The number of nitrogens with one attached hydrogen (secondary N) is 2. The van der Waals surface area contributed by atoms with E-state index in [-0.39, 0.29) is 17.6 Å². The number of carbonyl (C=O) groups is 2. The highest BCUT2D eigenvalue weighted by Crippen LogP contribution is 2.13. The van der Waals surface area contributed by atoms with E-state index in [9.17, 15) is 9.59 Å². The minimum Gasteiger partial charge on any atom is -0.459 e. The lowest BCUT2D eigenvalue weighted by molar-refractivity contribution is -0.116. The van der Waals surface area contributed by atoms with Crippen LogP contribution in [0.3, 0.4) is 0 Å². The molecule has 1 aliphatic rings. The van der Waals surface area contributed by atoms with Gasteiger partial charge in [0.25, 0.3) is 5.91 Å². The highest BCUT2D eigenvalue weighted by atomic mass is 16.3. The van der Waals surface area contributed by atoms with Gasteiger partial charge in [0.2, 0.25) is 5.91 Å². The largest absolute Gasteiger partial charge is 0.459 e. The second-order valence-electron chi connectivity index (χ2n) is 7.29. The van der Waals surface area contributed by atoms with E-state index in [1.54, 1.807) is 12.1 Å². The minimum atomic E-state index is -0.262. The van der Waals surface area contributed by atoms with E-state index in [4.69, 9.17) is 4.42 Å². The fourth-order valence-electron chi connectivity index (χ4n) is 3.38. The zero-order valence-corrected chi connectivity index (χ0v) is 17.0. The molecule has 1 saturated heterocycles. The number of hydrogen-bond donors (Lipinski definition) is 2. The first-order valence-corrected chi connectivity index (χ1v) is 10.3. The summed E-state index contributed by atoms with van der Waals surface area (Å²) >= 11 is 0. The summed E-state index contributed by atoms with van der Waals surface area (Å²) in [6.07, 6.45) is 2.38. The Balaban J connectivity index is 1.33. The molecule has 2 heterocycles. The molecule has 2 N–H and O–H groups in total. The monoisotopic (exact) mass is 398 g/mol. The highest BCUT2D eigenvalue weighted by molar-refractivity contribution is 5.92. The molecule has 1 fully saturated rings. The SMILES string of the molecule is CCN1CCN(Cc2ccc(NC(=O)CCCNC(=O)c3ccco3)cc2)CC1. The zero-order valence-electron chi connectivity index (χ0n) is 17.0. The zero-order chi connectivity index (χ0) is 20.5. The molecule has 156 valence electrons. The van der Waals surface area contributed by atoms with Crippen LogP contribution in [0.15, 0.2) is 47.1 Å². The third-order valence-corrected chi connectivity index (χ3v) is 5.17. The standard InChI is InChI=1S/C22H30N4O3/c1-2-25-12-14-26(15-13-25)17-18-7-9-19(10-8-18)24-21(27)6-3-11-23-22(28)20-5-4-16-29-20/h4-5,7-10,16H,2-3,6,11-15,17H2,1H3,(H,23,28)(H,24,27). The summed E-state index contributed by atoms with van der Waals surface area (Å²) < 4.78 is 5.02. The molecule has 0 saturated carbocycles. The first kappa shape index (κ1) is 21.1. The lowest BCUT2D eigenvalue weighted by Crippen LogP contribution is -2.45. The third-order valence-electron chi connectivity index (χ3n) is 5.17. The predicted octanol–water partition coefficient (Wildman–Crippen LogP) is 2.57. The predicted molar refractivity (Wildman–Crippen MR) is 113 cm³/mol. The van der Waals surface area contributed by atoms with Crippen molar-refractivity contribution in [1.29, 1.82) is 0 Å². The van der Waals surface area contributed by atoms with Crippen LogP contribution < -0.4 is 10.6 Å². The summed E-state index contributed by atoms with van der Waals surface area (Å²) in [5, 5.41) is 5.65. The van der Waals surface area contributed by atoms with Crippen LogP contribution in [-0.4, -0.2) is 60.9 Å². The second-order valence-corrected chi connectivity index (χ2v) is 7.29. The van der Waals surface area contributed by atoms with Crippen molar-refractivity contribution in [1.82, 2.24) is 15.1 Å². The molecule has 2 amide bonds. The molecule has 7 nitrogen and oxygen atoms in total. The van der Waals surface area contributed by atoms with Crippen LogP contribution in [-0.2, 0) is 11.3 Å². The van der Waals surface area contributed by atoms with E-state index in [2.05, 4.69) is 39.5 Å². The lowest BCUT2D eigenvalue weighted by atomic mass is 10.1. The van der Waals surface area contributed by atoms with Gasteiger partial charge in [-0.1, -0.05) is 19.1 Å². The first-order valence-electron chi connectivity index (χ1n) is 10.3. The van der Waals surface area contributed by atoms with Gasteiger partial charge in [-0.25, -0.2) is 0 Å². The average Bonchev–Trinajstić information content (AvgIpc) is 3.28. The van der Waals surface area contributed by atoms with E-state index in [0.717, 1.165) is 45.0 Å². The van der Waals surface area contributed by atoms with Crippen LogP contribution in [0.5, 0.6) is 0 Å². The number of furan rings is 1. The van der Waals surface area contributed by atoms with Gasteiger partial charge in [-0.3, -0.25) is 14.5 Å². The van der Waals surface area contributed by atoms with Crippen LogP contribution in [0, 0.1) is 0 Å². The molecule has 1 aliphatic heterocycles. The summed E-state index contributed by atoms with van der Waals surface area (Å²) in [7, 11) is 0. The summed E-state index contributed by atoms with van der Waals surface area (Å²) in [5.74, 6) is -0.0374. The molecule has 2 aromatic rings. The lowest BCUT2D eigenvalue weighted by Gasteiger charge is -2.34. The second kappa shape index (κ2) is 10.8. The maximum Gasteiger partial charge on any atom is 0.286 e. The third kappa shape index (κ3) is 6.73. The number of nitrogens with zero attached hydrogens (tertiary/aromatic N) is 2. The van der Waals surface area contributed by atoms with Gasteiger partial charge in [0.05, 0.1) is 6.26 Å². The number of carbonyl (C=O) groups excluding carboxylic acids is 2. The molecule has 1 aromatic carbocycles. The Bertz CT molecular complexity index is 766. The summed E-state index contributed by atoms with van der Waals surface area (Å²) in [4.78, 5) is 28.8. The Morgan fingerprint density at radius 3 is 2.41 bits per heavy atom. The molecule has 29 heavy (non-hydrogen) atoms. The normalized spacial score (nSPS) is 15.2. The molecule has 0 aliphatic carbocycles. The van der Waals surface area contributed by atoms with Crippen molar-refractivity contribution in [2.45, 2.75) is 26.3 Å². The van der Waals surface area contributed by atoms with Crippen molar-refractivity contribution < 1.29 is 14.0 Å². The molecule has 7 heteroatoms. The van der Waals surface area contributed by atoms with Gasteiger partial charge in [-0.15, -0.1) is 0 Å². The van der Waals surface area contributed by atoms with Crippen LogP contribution in [0.1, 0.15) is 35.9 Å². The van der Waals surface area contributed by atoms with Crippen molar-refractivity contribution in [2.24, 2.45) is 0 Å². The van der Waals surface area contributed by atoms with Crippen molar-refractivity contribution in [3.63, 3.8) is 0 Å². The number of likely N-dealkylation sites (N-methyl/N-ethyl adjacent to an activating group) is 1. The maximum atomic E-state index is 12.1. The van der Waals surface area contributed by atoms with Crippen molar-refractivity contribution in [3.8, 4) is 0 Å². The summed E-state index contributed by atoms with van der Waals surface area (Å²) in [6.45, 7) is 9.17. The van der Waals surface area contributed by atoms with Crippen molar-refractivity contribution in [2.75, 3.05) is 44.6 Å². The summed E-state index contributed by atoms with van der Waals surface area (Å²) in [6, 6.07) is 11.3. The molecule has 0 unspecified atom stereocenters. The first-order chi connectivity index (χ1) is 14.1. The Morgan fingerprint density at radius 1 is 1.03 bits per heavy atom. The van der Waals surface area contributed by atoms with Gasteiger partial charge in [0, 0.05) is 51.4 Å². The van der Waals surface area contributed by atoms with Gasteiger partial charge in [-0.2, -0.15) is 0 Å². The van der Waals surface area contributed by atoms with Crippen LogP contribution in [0.25, 0.3) is 0 Å². The van der Waals surface area contributed by atoms with Crippen molar-refractivity contribution >= 4 is 17.5 Å². The van der Waals surface area contributed by atoms with Gasteiger partial charge in [0.1, 0.15) is 0 Å². The number of anilines is 1. The molecule has 0 radical (unpaired) electrons. The van der Waals surface area contributed by atoms with Crippen LogP contribution in [0.2, 0.25) is 0 Å². The fourth-order valence-corrected chi connectivity index (χ4v) is 3.38. The van der Waals surface area contributed by atoms with Gasteiger partial charge in [0.15, 0.2) is 5.76 Å². The van der Waals surface area contributed by atoms with E-state index in [1.807, 2.05) is 12.1 Å². The van der Waals surface area contributed by atoms with E-state index < -0.39 is 0 Å². The quantitative estimate of drug-likeness (QED) is 0.635. The Hall–Kier alpha value is -2.64. The molecule has 3 rings (SSSR count). The topological polar surface area (TPSA) is 77.8 Å². The van der Waals surface area contributed by atoms with E-state index in [1.165, 1.54) is 11.8 Å². The summed E-state index contributed by atoms with van der Waals surface area (Å²) in [5.41, 5.74) is 2.06. The maximum absolute atomic E-state index is 12.1. The number of hydrogen-bond acceptors (Lipinski definition) is 5. The smallest absolute Gasteiger partial charge is 0.286 e. The number of benzene rings is 1. The average molecular weight is 399 g/mol. The molecule has 0 spiro atoms. The minimum absolute atomic E-state index is 0.0549.